The molecule has 0 atom stereocenters. The zero-order valence-corrected chi connectivity index (χ0v) is 17.8. The largest absolute Gasteiger partial charge is 0.508 e. The zero-order valence-electron chi connectivity index (χ0n) is 17.8. The van der Waals surface area contributed by atoms with Crippen molar-refractivity contribution >= 4 is 16.8 Å². The number of phenols is 2. The van der Waals surface area contributed by atoms with Crippen molar-refractivity contribution in [3.05, 3.63) is 58.6 Å². The van der Waals surface area contributed by atoms with Crippen LogP contribution in [0, 0.1) is 0 Å². The molecule has 0 unspecified atom stereocenters. The molecule has 0 spiro atoms. The van der Waals surface area contributed by atoms with E-state index in [-0.39, 0.29) is 35.2 Å². The lowest BCUT2D eigenvalue weighted by Gasteiger charge is -2.13. The standard InChI is InChI=1S/C23H24N4O4/c1-5-21(30)27-23(31)26(15-6-7-18-14(10-15)8-9-25(18)4)22(24-27)17-11-16(13(2)3)19(28)12-20(17)29/h6-13,28-29H,5H2,1-4H3. The van der Waals surface area contributed by atoms with Crippen molar-refractivity contribution in [1.29, 1.82) is 0 Å². The third-order valence-electron chi connectivity index (χ3n) is 5.45. The van der Waals surface area contributed by atoms with Gasteiger partial charge in [-0.05, 0) is 41.8 Å². The predicted molar refractivity (Wildman–Crippen MR) is 118 cm³/mol. The number of carbonyl (C=O) groups is 1. The molecule has 8 heteroatoms. The number of aromatic nitrogens is 4. The second kappa shape index (κ2) is 7.46. The third-order valence-corrected chi connectivity index (χ3v) is 5.45. The van der Waals surface area contributed by atoms with Crippen LogP contribution in [-0.2, 0) is 7.05 Å². The summed E-state index contributed by atoms with van der Waals surface area (Å²) in [5.74, 6) is -0.626. The topological polar surface area (TPSA) is 102 Å². The lowest BCUT2D eigenvalue weighted by molar-refractivity contribution is 0.0888. The van der Waals surface area contributed by atoms with Gasteiger partial charge in [0.25, 0.3) is 5.91 Å². The van der Waals surface area contributed by atoms with Crippen molar-refractivity contribution in [1.82, 2.24) is 18.9 Å². The maximum Gasteiger partial charge on any atom is 0.358 e. The van der Waals surface area contributed by atoms with Crippen molar-refractivity contribution in [2.45, 2.75) is 33.1 Å². The first kappa shape index (κ1) is 20.5. The van der Waals surface area contributed by atoms with E-state index in [9.17, 15) is 19.8 Å². The van der Waals surface area contributed by atoms with E-state index in [0.29, 0.717) is 11.3 Å². The molecule has 0 saturated carbocycles. The Kier molecular flexibility index (Phi) is 4.93. The first-order valence-corrected chi connectivity index (χ1v) is 10.1. The van der Waals surface area contributed by atoms with E-state index in [2.05, 4.69) is 5.10 Å². The zero-order chi connectivity index (χ0) is 22.4. The summed E-state index contributed by atoms with van der Waals surface area (Å²) in [6.07, 6.45) is 2.02. The van der Waals surface area contributed by atoms with Gasteiger partial charge in [-0.25, -0.2) is 9.36 Å². The van der Waals surface area contributed by atoms with Crippen LogP contribution >= 0.6 is 0 Å². The minimum absolute atomic E-state index is 0.0282. The lowest BCUT2D eigenvalue weighted by Crippen LogP contribution is -2.28. The Morgan fingerprint density at radius 3 is 2.52 bits per heavy atom. The number of aromatic hydroxyl groups is 2. The fourth-order valence-electron chi connectivity index (χ4n) is 3.73. The van der Waals surface area contributed by atoms with Crippen molar-refractivity contribution in [2.24, 2.45) is 7.05 Å². The highest BCUT2D eigenvalue weighted by Crippen LogP contribution is 2.37. The van der Waals surface area contributed by atoms with Crippen LogP contribution in [0.1, 0.15) is 43.5 Å². The summed E-state index contributed by atoms with van der Waals surface area (Å²) in [7, 11) is 1.93. The maximum atomic E-state index is 13.2. The minimum atomic E-state index is -0.615. The van der Waals surface area contributed by atoms with E-state index in [0.717, 1.165) is 15.6 Å². The monoisotopic (exact) mass is 420 g/mol. The van der Waals surface area contributed by atoms with Crippen LogP contribution in [0.2, 0.25) is 0 Å². The van der Waals surface area contributed by atoms with E-state index in [1.807, 2.05) is 49.9 Å². The van der Waals surface area contributed by atoms with Crippen LogP contribution in [-0.4, -0.2) is 35.0 Å². The molecule has 2 heterocycles. The van der Waals surface area contributed by atoms with Gasteiger partial charge in [-0.2, -0.15) is 0 Å². The molecule has 8 nitrogen and oxygen atoms in total. The van der Waals surface area contributed by atoms with Crippen LogP contribution in [0.5, 0.6) is 11.5 Å². The SMILES string of the molecule is CCC(=O)n1nc(-c2cc(C(C)C)c(O)cc2O)n(-c2ccc3c(ccn3C)c2)c1=O. The van der Waals surface area contributed by atoms with Crippen molar-refractivity contribution in [3.63, 3.8) is 0 Å². The lowest BCUT2D eigenvalue weighted by atomic mass is 9.98. The predicted octanol–water partition coefficient (Wildman–Crippen LogP) is 3.78. The summed E-state index contributed by atoms with van der Waals surface area (Å²) in [6.45, 7) is 5.47. The fraction of sp³-hybridized carbons (Fsp3) is 0.261. The van der Waals surface area contributed by atoms with Crippen LogP contribution < -0.4 is 5.69 Å². The van der Waals surface area contributed by atoms with Gasteiger partial charge in [0.1, 0.15) is 11.5 Å². The molecule has 160 valence electrons. The molecule has 2 aromatic carbocycles. The molecule has 4 rings (SSSR count). The van der Waals surface area contributed by atoms with Crippen molar-refractivity contribution in [2.75, 3.05) is 0 Å². The highest BCUT2D eigenvalue weighted by atomic mass is 16.3. The smallest absolute Gasteiger partial charge is 0.358 e. The molecule has 0 amide bonds. The van der Waals surface area contributed by atoms with E-state index in [4.69, 9.17) is 0 Å². The number of rotatable bonds is 4. The summed E-state index contributed by atoms with van der Waals surface area (Å²) in [5, 5.41) is 26.0. The van der Waals surface area contributed by atoms with Gasteiger partial charge in [0.15, 0.2) is 5.82 Å². The fourth-order valence-corrected chi connectivity index (χ4v) is 3.73. The summed E-state index contributed by atoms with van der Waals surface area (Å²) < 4.78 is 4.11. The van der Waals surface area contributed by atoms with Gasteiger partial charge >= 0.3 is 5.69 Å². The molecule has 0 radical (unpaired) electrons. The Morgan fingerprint density at radius 2 is 1.84 bits per heavy atom. The number of nitrogens with zero attached hydrogens (tertiary/aromatic N) is 4. The molecule has 4 aromatic rings. The highest BCUT2D eigenvalue weighted by molar-refractivity contribution is 5.83. The number of hydrogen-bond acceptors (Lipinski definition) is 5. The number of fused-ring (bicyclic) bond motifs is 1. The van der Waals surface area contributed by atoms with Gasteiger partial charge in [0.2, 0.25) is 0 Å². The first-order chi connectivity index (χ1) is 14.7. The maximum absolute atomic E-state index is 13.2. The molecule has 0 fully saturated rings. The minimum Gasteiger partial charge on any atom is -0.508 e. The summed E-state index contributed by atoms with van der Waals surface area (Å²) in [6, 6.07) is 10.3. The average Bonchev–Trinajstić information content (AvgIpc) is 3.27. The van der Waals surface area contributed by atoms with Gasteiger partial charge in [-0.3, -0.25) is 4.79 Å². The van der Waals surface area contributed by atoms with E-state index in [1.165, 1.54) is 10.6 Å². The number of hydrogen-bond donors (Lipinski definition) is 2. The van der Waals surface area contributed by atoms with Gasteiger partial charge in [0, 0.05) is 36.6 Å². The van der Waals surface area contributed by atoms with Crippen LogP contribution in [0.25, 0.3) is 28.0 Å². The Bertz CT molecular complexity index is 1370. The summed E-state index contributed by atoms with van der Waals surface area (Å²) in [5.41, 5.74) is 1.75. The molecule has 31 heavy (non-hydrogen) atoms. The van der Waals surface area contributed by atoms with Crippen LogP contribution in [0.15, 0.2) is 47.4 Å². The summed E-state index contributed by atoms with van der Waals surface area (Å²) >= 11 is 0. The third kappa shape index (κ3) is 3.30. The molecule has 2 N–H and O–H groups in total. The molecular formula is C23H24N4O4. The molecule has 0 aliphatic rings. The van der Waals surface area contributed by atoms with Crippen molar-refractivity contribution < 1.29 is 15.0 Å². The van der Waals surface area contributed by atoms with Crippen molar-refractivity contribution in [3.8, 4) is 28.6 Å². The average molecular weight is 420 g/mol. The quantitative estimate of drug-likeness (QED) is 0.523. The van der Waals surface area contributed by atoms with Gasteiger partial charge in [-0.1, -0.05) is 20.8 Å². The van der Waals surface area contributed by atoms with Gasteiger partial charge < -0.3 is 14.8 Å². The Morgan fingerprint density at radius 1 is 1.10 bits per heavy atom. The number of carbonyl (C=O) groups excluding carboxylic acids is 1. The Balaban J connectivity index is 2.04. The van der Waals surface area contributed by atoms with Crippen LogP contribution in [0.4, 0.5) is 0 Å². The molecule has 0 aliphatic carbocycles. The normalized spacial score (nSPS) is 11.5. The Labute approximate surface area is 178 Å². The second-order valence-electron chi connectivity index (χ2n) is 7.85. The molecule has 0 bridgehead atoms. The van der Waals surface area contributed by atoms with E-state index >= 15 is 0 Å². The second-order valence-corrected chi connectivity index (χ2v) is 7.85. The van der Waals surface area contributed by atoms with E-state index in [1.54, 1.807) is 19.1 Å². The number of phenolic OH excluding ortho intramolecular Hbond substituents is 2. The molecule has 0 saturated heterocycles. The van der Waals surface area contributed by atoms with Gasteiger partial charge in [-0.15, -0.1) is 9.78 Å². The first-order valence-electron chi connectivity index (χ1n) is 10.1. The number of benzene rings is 2. The van der Waals surface area contributed by atoms with Gasteiger partial charge in [0.05, 0.1) is 11.3 Å². The number of aryl methyl sites for hydroxylation is 1. The molecule has 0 aliphatic heterocycles. The van der Waals surface area contributed by atoms with E-state index < -0.39 is 11.6 Å². The molecule has 2 aromatic heterocycles. The molecular weight excluding hydrogens is 396 g/mol. The highest BCUT2D eigenvalue weighted by Gasteiger charge is 2.24. The Hall–Kier alpha value is -3.81. The summed E-state index contributed by atoms with van der Waals surface area (Å²) in [4.78, 5) is 25.6. The van der Waals surface area contributed by atoms with Crippen LogP contribution in [0.3, 0.4) is 0 Å².